The van der Waals surface area contributed by atoms with E-state index in [1.165, 1.54) is 37.0 Å². The number of carbonyl (C=O) groups is 1. The maximum atomic E-state index is 13.1. The molecule has 1 N–H and O–H groups in total. The number of piperidine rings is 1. The first-order valence-corrected chi connectivity index (χ1v) is 11.3. The summed E-state index contributed by atoms with van der Waals surface area (Å²) in [6.07, 6.45) is 10.7. The summed E-state index contributed by atoms with van der Waals surface area (Å²) in [5.74, 6) is -0.151. The number of amides is 1. The Balaban J connectivity index is 1.23. The Hall–Kier alpha value is -2.51. The Kier molecular flexibility index (Phi) is 7.14. The van der Waals surface area contributed by atoms with Crippen molar-refractivity contribution in [1.29, 1.82) is 0 Å². The lowest BCUT2D eigenvalue weighted by molar-refractivity contribution is -0.122. The Labute approximate surface area is 183 Å². The zero-order valence-corrected chi connectivity index (χ0v) is 18.3. The van der Waals surface area contributed by atoms with Gasteiger partial charge < -0.3 is 5.32 Å². The highest BCUT2D eigenvalue weighted by molar-refractivity contribution is 5.78. The average Bonchev–Trinajstić information content (AvgIpc) is 3.26. The maximum absolute atomic E-state index is 13.1. The van der Waals surface area contributed by atoms with Crippen LogP contribution in [-0.4, -0.2) is 70.8 Å². The number of carbonyl (C=O) groups excluding carboxylic acids is 1. The van der Waals surface area contributed by atoms with Crippen LogP contribution in [0.3, 0.4) is 0 Å². The van der Waals surface area contributed by atoms with Gasteiger partial charge in [0.25, 0.3) is 0 Å². The Morgan fingerprint density at radius 3 is 2.81 bits per heavy atom. The van der Waals surface area contributed by atoms with Crippen LogP contribution in [0, 0.1) is 5.82 Å². The first-order valence-electron chi connectivity index (χ1n) is 11.3. The summed E-state index contributed by atoms with van der Waals surface area (Å²) in [7, 11) is 0. The van der Waals surface area contributed by atoms with Crippen molar-refractivity contribution in [2.24, 2.45) is 0 Å². The molecule has 0 spiro atoms. The van der Waals surface area contributed by atoms with Crippen LogP contribution in [-0.2, 0) is 4.79 Å². The molecule has 1 amide bonds. The number of hydrogen-bond donors (Lipinski definition) is 1. The fourth-order valence-corrected chi connectivity index (χ4v) is 4.43. The van der Waals surface area contributed by atoms with Crippen molar-refractivity contribution >= 4 is 11.5 Å². The fraction of sp³-hybridized carbons (Fsp3) is 0.500. The molecule has 1 aromatic heterocycles. The molecule has 3 heterocycles. The molecule has 31 heavy (non-hydrogen) atoms. The second kappa shape index (κ2) is 10.2. The quantitative estimate of drug-likeness (QED) is 0.741. The van der Waals surface area contributed by atoms with Crippen LogP contribution >= 0.6 is 0 Å². The van der Waals surface area contributed by atoms with Crippen LogP contribution in [0.5, 0.6) is 0 Å². The van der Waals surface area contributed by atoms with E-state index in [0.717, 1.165) is 50.4 Å². The summed E-state index contributed by atoms with van der Waals surface area (Å²) >= 11 is 0. The summed E-state index contributed by atoms with van der Waals surface area (Å²) in [5.41, 5.74) is 3.15. The van der Waals surface area contributed by atoms with E-state index in [9.17, 15) is 9.18 Å². The lowest BCUT2D eigenvalue weighted by Crippen LogP contribution is -2.44. The average molecular weight is 426 g/mol. The third-order valence-corrected chi connectivity index (χ3v) is 6.37. The molecule has 1 saturated heterocycles. The minimum absolute atomic E-state index is 0.102. The zero-order chi connectivity index (χ0) is 21.6. The highest BCUT2D eigenvalue weighted by Crippen LogP contribution is 2.23. The second-order valence-electron chi connectivity index (χ2n) is 8.60. The van der Waals surface area contributed by atoms with E-state index in [4.69, 9.17) is 0 Å². The van der Waals surface area contributed by atoms with Crippen molar-refractivity contribution in [3.05, 3.63) is 54.1 Å². The van der Waals surface area contributed by atoms with Crippen LogP contribution in [0.15, 0.2) is 42.7 Å². The molecule has 0 unspecified atom stereocenters. The van der Waals surface area contributed by atoms with Gasteiger partial charge in [0.2, 0.25) is 5.91 Å². The predicted molar refractivity (Wildman–Crippen MR) is 120 cm³/mol. The van der Waals surface area contributed by atoms with E-state index in [1.807, 2.05) is 12.4 Å². The lowest BCUT2D eigenvalue weighted by atomic mass is 10.0. The highest BCUT2D eigenvalue weighted by atomic mass is 19.1. The summed E-state index contributed by atoms with van der Waals surface area (Å²) in [6.45, 7) is 7.14. The summed E-state index contributed by atoms with van der Waals surface area (Å²) in [5, 5.41) is 7.49. The molecule has 2 aliphatic rings. The summed E-state index contributed by atoms with van der Waals surface area (Å²) in [4.78, 5) is 17.0. The number of aromatic nitrogens is 2. The molecule has 7 heteroatoms. The van der Waals surface area contributed by atoms with E-state index >= 15 is 0 Å². The molecule has 4 rings (SSSR count). The molecular formula is C24H32FN5O. The molecule has 6 nitrogen and oxygen atoms in total. The van der Waals surface area contributed by atoms with Crippen molar-refractivity contribution < 1.29 is 9.18 Å². The third kappa shape index (κ3) is 5.80. The normalized spacial score (nSPS) is 20.5. The molecule has 1 atom stereocenters. The topological polar surface area (TPSA) is 53.4 Å². The van der Waals surface area contributed by atoms with Crippen LogP contribution in [0.2, 0.25) is 0 Å². The van der Waals surface area contributed by atoms with Gasteiger partial charge in [-0.25, -0.2) is 9.07 Å². The molecular weight excluding hydrogens is 393 g/mol. The molecule has 0 bridgehead atoms. The maximum Gasteiger partial charge on any atom is 0.234 e. The van der Waals surface area contributed by atoms with E-state index in [-0.39, 0.29) is 11.7 Å². The number of nitrogens with zero attached hydrogens (tertiary/aromatic N) is 4. The molecule has 2 aromatic rings. The van der Waals surface area contributed by atoms with Gasteiger partial charge in [0.05, 0.1) is 18.4 Å². The molecule has 0 aliphatic carbocycles. The van der Waals surface area contributed by atoms with Crippen molar-refractivity contribution in [1.82, 2.24) is 24.9 Å². The lowest BCUT2D eigenvalue weighted by Gasteiger charge is -2.33. The van der Waals surface area contributed by atoms with Gasteiger partial charge in [0, 0.05) is 44.0 Å². The third-order valence-electron chi connectivity index (χ3n) is 6.37. The summed E-state index contributed by atoms with van der Waals surface area (Å²) in [6, 6.07) is 6.93. The molecule has 2 aliphatic heterocycles. The Bertz CT molecular complexity index is 907. The Morgan fingerprint density at radius 2 is 2.06 bits per heavy atom. The largest absolute Gasteiger partial charge is 0.354 e. The number of benzene rings is 1. The number of hydrogen-bond acceptors (Lipinski definition) is 4. The first kappa shape index (κ1) is 21.7. The van der Waals surface area contributed by atoms with E-state index < -0.39 is 0 Å². The number of likely N-dealkylation sites (tertiary alicyclic amines) is 1. The standard InChI is InChI=1S/C24H32FN5O/c1-19-4-2-3-12-29(19)15-11-26-24(31)18-28-13-9-20(10-14-28)21-16-27-30(17-21)23-7-5-22(25)6-8-23/h5-9,16-17,19H,2-4,10-15,18H2,1H3,(H,26,31)/t19-/m1/s1. The van der Waals surface area contributed by atoms with E-state index in [1.54, 1.807) is 16.8 Å². The minimum atomic E-state index is -0.253. The molecule has 166 valence electrons. The number of rotatable bonds is 7. The van der Waals surface area contributed by atoms with Crippen LogP contribution in [0.25, 0.3) is 11.3 Å². The van der Waals surface area contributed by atoms with Crippen molar-refractivity contribution in [3.63, 3.8) is 0 Å². The second-order valence-corrected chi connectivity index (χ2v) is 8.60. The van der Waals surface area contributed by atoms with Gasteiger partial charge in [0.1, 0.15) is 5.82 Å². The van der Waals surface area contributed by atoms with Gasteiger partial charge in [-0.3, -0.25) is 14.6 Å². The van der Waals surface area contributed by atoms with Crippen molar-refractivity contribution in [2.75, 3.05) is 39.3 Å². The molecule has 1 aromatic carbocycles. The van der Waals surface area contributed by atoms with Crippen LogP contribution in [0.4, 0.5) is 4.39 Å². The van der Waals surface area contributed by atoms with Gasteiger partial charge in [-0.1, -0.05) is 12.5 Å². The smallest absolute Gasteiger partial charge is 0.234 e. The van der Waals surface area contributed by atoms with Gasteiger partial charge in [0.15, 0.2) is 0 Å². The van der Waals surface area contributed by atoms with Crippen molar-refractivity contribution in [2.45, 2.75) is 38.6 Å². The molecule has 0 radical (unpaired) electrons. The number of nitrogens with one attached hydrogen (secondary N) is 1. The van der Waals surface area contributed by atoms with Crippen molar-refractivity contribution in [3.8, 4) is 5.69 Å². The monoisotopic (exact) mass is 425 g/mol. The Morgan fingerprint density at radius 1 is 1.23 bits per heavy atom. The van der Waals surface area contributed by atoms with E-state index in [0.29, 0.717) is 12.6 Å². The molecule has 0 saturated carbocycles. The first-order chi connectivity index (χ1) is 15.1. The minimum Gasteiger partial charge on any atom is -0.354 e. The summed E-state index contributed by atoms with van der Waals surface area (Å²) < 4.78 is 14.9. The van der Waals surface area contributed by atoms with Crippen LogP contribution in [0.1, 0.15) is 38.2 Å². The van der Waals surface area contributed by atoms with Gasteiger partial charge in [-0.05, 0) is 62.6 Å². The SMILES string of the molecule is C[C@@H]1CCCCN1CCNC(=O)CN1CC=C(c2cnn(-c3ccc(F)cc3)c2)CC1. The molecule has 1 fully saturated rings. The number of halogens is 1. The fourth-order valence-electron chi connectivity index (χ4n) is 4.43. The van der Waals surface area contributed by atoms with Crippen LogP contribution < -0.4 is 5.32 Å². The highest BCUT2D eigenvalue weighted by Gasteiger charge is 2.19. The zero-order valence-electron chi connectivity index (χ0n) is 18.3. The van der Waals surface area contributed by atoms with Gasteiger partial charge in [-0.2, -0.15) is 5.10 Å². The van der Waals surface area contributed by atoms with Gasteiger partial charge >= 0.3 is 0 Å². The van der Waals surface area contributed by atoms with Gasteiger partial charge in [-0.15, -0.1) is 0 Å². The predicted octanol–water partition coefficient (Wildman–Crippen LogP) is 3.09. The van der Waals surface area contributed by atoms with E-state index in [2.05, 4.69) is 33.2 Å².